The van der Waals surface area contributed by atoms with Gasteiger partial charge in [0.15, 0.2) is 15.5 Å². The van der Waals surface area contributed by atoms with Crippen molar-refractivity contribution in [1.82, 2.24) is 14.5 Å². The van der Waals surface area contributed by atoms with E-state index in [1.165, 1.54) is 12.1 Å². The number of fused-ring (bicyclic) bond motifs is 1. The van der Waals surface area contributed by atoms with E-state index in [9.17, 15) is 17.6 Å². The van der Waals surface area contributed by atoms with E-state index in [2.05, 4.69) is 15.3 Å². The Morgan fingerprint density at radius 3 is 2.46 bits per heavy atom. The highest BCUT2D eigenvalue weighted by Crippen LogP contribution is 2.33. The number of halogens is 1. The fourth-order valence-corrected chi connectivity index (χ4v) is 6.14. The van der Waals surface area contributed by atoms with Crippen LogP contribution in [0.25, 0.3) is 22.3 Å². The molecule has 4 aromatic rings. The van der Waals surface area contributed by atoms with Gasteiger partial charge in [-0.15, -0.1) is 0 Å². The third-order valence-corrected chi connectivity index (χ3v) is 7.88. The third kappa shape index (κ3) is 4.49. The van der Waals surface area contributed by atoms with Gasteiger partial charge in [0.25, 0.3) is 5.91 Å². The summed E-state index contributed by atoms with van der Waals surface area (Å²) in [5.74, 6) is 0.525. The summed E-state index contributed by atoms with van der Waals surface area (Å²) in [6, 6.07) is 14.2. The normalized spacial score (nSPS) is 16.9. The maximum atomic E-state index is 13.5. The first-order chi connectivity index (χ1) is 16.7. The molecule has 0 spiro atoms. The number of hydrogen-bond acceptors (Lipinski definition) is 6. The highest BCUT2D eigenvalue weighted by atomic mass is 32.2. The number of methoxy groups -OCH3 is 1. The Kier molecular flexibility index (Phi) is 5.76. The number of aryl methyl sites for hydroxylation is 1. The second-order valence-corrected chi connectivity index (χ2v) is 10.7. The topological polar surface area (TPSA) is 103 Å². The minimum absolute atomic E-state index is 0.0148. The fraction of sp³-hybridized carbons (Fsp3) is 0.240. The predicted octanol–water partition coefficient (Wildman–Crippen LogP) is 4.17. The van der Waals surface area contributed by atoms with Crippen LogP contribution in [0.4, 0.5) is 10.1 Å². The number of anilines is 1. The van der Waals surface area contributed by atoms with Gasteiger partial charge >= 0.3 is 0 Å². The second-order valence-electron chi connectivity index (χ2n) is 8.50. The lowest BCUT2D eigenvalue weighted by molar-refractivity contribution is 0.102. The average Bonchev–Trinajstić information content (AvgIpc) is 3.36. The van der Waals surface area contributed by atoms with Crippen molar-refractivity contribution in [1.29, 1.82) is 0 Å². The van der Waals surface area contributed by atoms with E-state index < -0.39 is 15.7 Å². The molecule has 35 heavy (non-hydrogen) atoms. The molecule has 1 N–H and O–H groups in total. The number of hydrogen-bond donors (Lipinski definition) is 1. The number of aromatic nitrogens is 3. The number of rotatable bonds is 5. The lowest BCUT2D eigenvalue weighted by atomic mass is 10.1. The van der Waals surface area contributed by atoms with Crippen LogP contribution in [-0.2, 0) is 9.84 Å². The van der Waals surface area contributed by atoms with Gasteiger partial charge in [-0.2, -0.15) is 0 Å². The molecule has 8 nitrogen and oxygen atoms in total. The minimum Gasteiger partial charge on any atom is -0.497 e. The number of nitrogens with one attached hydrogen (secondary N) is 1. The van der Waals surface area contributed by atoms with Gasteiger partial charge in [0.05, 0.1) is 35.9 Å². The zero-order chi connectivity index (χ0) is 24.7. The van der Waals surface area contributed by atoms with Crippen molar-refractivity contribution in [3.8, 4) is 17.0 Å². The summed E-state index contributed by atoms with van der Waals surface area (Å²) < 4.78 is 44.9. The van der Waals surface area contributed by atoms with Crippen LogP contribution < -0.4 is 10.1 Å². The van der Waals surface area contributed by atoms with Crippen molar-refractivity contribution in [2.24, 2.45) is 0 Å². The zero-order valence-corrected chi connectivity index (χ0v) is 20.0. The van der Waals surface area contributed by atoms with Crippen LogP contribution in [0.1, 0.15) is 28.8 Å². The van der Waals surface area contributed by atoms with Gasteiger partial charge in [-0.25, -0.2) is 22.8 Å². The molecular weight excluding hydrogens is 471 g/mol. The number of carbonyl (C=O) groups excluding carboxylic acids is 1. The van der Waals surface area contributed by atoms with Crippen molar-refractivity contribution in [2.75, 3.05) is 23.9 Å². The van der Waals surface area contributed by atoms with Gasteiger partial charge in [-0.05, 0) is 67.9 Å². The van der Waals surface area contributed by atoms with E-state index in [1.807, 2.05) is 4.57 Å². The molecule has 1 unspecified atom stereocenters. The minimum atomic E-state index is -3.14. The number of ether oxygens (including phenoxy) is 1. The monoisotopic (exact) mass is 494 g/mol. The molecule has 5 rings (SSSR count). The maximum Gasteiger partial charge on any atom is 0.276 e. The molecule has 0 bridgehead atoms. The van der Waals surface area contributed by atoms with E-state index in [0.717, 1.165) is 0 Å². The van der Waals surface area contributed by atoms with Crippen molar-refractivity contribution < 1.29 is 22.3 Å². The molecule has 180 valence electrons. The van der Waals surface area contributed by atoms with E-state index in [1.54, 1.807) is 56.5 Å². The molecule has 1 saturated heterocycles. The van der Waals surface area contributed by atoms with Crippen LogP contribution in [0.15, 0.2) is 54.6 Å². The van der Waals surface area contributed by atoms with Gasteiger partial charge in [-0.1, -0.05) is 0 Å². The molecular formula is C25H23FN4O4S. The first-order valence-electron chi connectivity index (χ1n) is 11.1. The van der Waals surface area contributed by atoms with Crippen molar-refractivity contribution in [3.63, 3.8) is 0 Å². The van der Waals surface area contributed by atoms with Crippen molar-refractivity contribution in [2.45, 2.75) is 19.4 Å². The smallest absolute Gasteiger partial charge is 0.276 e. The number of carbonyl (C=O) groups is 1. The molecule has 0 radical (unpaired) electrons. The quantitative estimate of drug-likeness (QED) is 0.447. The van der Waals surface area contributed by atoms with Crippen LogP contribution in [0.3, 0.4) is 0 Å². The number of benzene rings is 2. The summed E-state index contributed by atoms with van der Waals surface area (Å²) in [4.78, 5) is 22.6. The fourth-order valence-electron chi connectivity index (χ4n) is 4.44. The summed E-state index contributed by atoms with van der Waals surface area (Å²) in [5.41, 5.74) is 2.72. The van der Waals surface area contributed by atoms with Gasteiger partial charge in [0.2, 0.25) is 0 Å². The van der Waals surface area contributed by atoms with E-state index in [-0.39, 0.29) is 29.1 Å². The standard InChI is InChI=1S/C25H23FN4O4S/c1-15-27-23-22(30(15)19-11-12-35(32,33)14-19)13-21(16-3-5-17(26)6-4-16)29-24(23)25(31)28-18-7-9-20(34-2)10-8-18/h3-10,13,19H,11-12,14H2,1-2H3,(H,28,31). The molecule has 10 heteroatoms. The molecule has 1 aliphatic rings. The van der Waals surface area contributed by atoms with Crippen LogP contribution in [0, 0.1) is 12.7 Å². The molecule has 1 amide bonds. The molecule has 1 atom stereocenters. The predicted molar refractivity (Wildman–Crippen MR) is 131 cm³/mol. The molecule has 1 fully saturated rings. The lowest BCUT2D eigenvalue weighted by Gasteiger charge is -2.15. The molecule has 3 heterocycles. The number of imidazole rings is 1. The summed E-state index contributed by atoms with van der Waals surface area (Å²) in [7, 11) is -1.58. The Hall–Kier alpha value is -3.79. The summed E-state index contributed by atoms with van der Waals surface area (Å²) in [5, 5.41) is 2.84. The van der Waals surface area contributed by atoms with E-state index >= 15 is 0 Å². The lowest BCUT2D eigenvalue weighted by Crippen LogP contribution is -2.15. The largest absolute Gasteiger partial charge is 0.497 e. The van der Waals surface area contributed by atoms with Gasteiger partial charge < -0.3 is 14.6 Å². The van der Waals surface area contributed by atoms with Gasteiger partial charge in [0, 0.05) is 11.3 Å². The molecule has 1 aliphatic heterocycles. The van der Waals surface area contributed by atoms with Crippen LogP contribution in [0.2, 0.25) is 0 Å². The van der Waals surface area contributed by atoms with E-state index in [0.29, 0.717) is 46.0 Å². The van der Waals surface area contributed by atoms with E-state index in [4.69, 9.17) is 4.74 Å². The number of sulfone groups is 1. The maximum absolute atomic E-state index is 13.5. The highest BCUT2D eigenvalue weighted by Gasteiger charge is 2.32. The number of pyridine rings is 1. The SMILES string of the molecule is COc1ccc(NC(=O)c2nc(-c3ccc(F)cc3)cc3c2nc(C)n3C2CCS(=O)(=O)C2)cc1. The highest BCUT2D eigenvalue weighted by molar-refractivity contribution is 7.91. The Labute approximate surface area is 201 Å². The summed E-state index contributed by atoms with van der Waals surface area (Å²) >= 11 is 0. The molecule has 2 aromatic heterocycles. The molecule has 0 aliphatic carbocycles. The van der Waals surface area contributed by atoms with Crippen LogP contribution >= 0.6 is 0 Å². The van der Waals surface area contributed by atoms with Crippen LogP contribution in [0.5, 0.6) is 5.75 Å². The van der Waals surface area contributed by atoms with Gasteiger partial charge in [-0.3, -0.25) is 4.79 Å². The number of nitrogens with zero attached hydrogens (tertiary/aromatic N) is 3. The Balaban J connectivity index is 1.64. The molecule has 2 aromatic carbocycles. The zero-order valence-electron chi connectivity index (χ0n) is 19.2. The number of amides is 1. The Morgan fingerprint density at radius 1 is 1.11 bits per heavy atom. The summed E-state index contributed by atoms with van der Waals surface area (Å²) in [6.45, 7) is 1.79. The van der Waals surface area contributed by atoms with Crippen molar-refractivity contribution in [3.05, 3.63) is 71.9 Å². The first-order valence-corrected chi connectivity index (χ1v) is 12.9. The van der Waals surface area contributed by atoms with Gasteiger partial charge in [0.1, 0.15) is 22.9 Å². The first kappa shape index (κ1) is 23.0. The Bertz CT molecular complexity index is 1530. The Morgan fingerprint density at radius 2 is 1.83 bits per heavy atom. The third-order valence-electron chi connectivity index (χ3n) is 6.13. The second kappa shape index (κ2) is 8.77. The molecule has 0 saturated carbocycles. The average molecular weight is 495 g/mol. The summed E-state index contributed by atoms with van der Waals surface area (Å²) in [6.07, 6.45) is 0.468. The van der Waals surface area contributed by atoms with Crippen LogP contribution in [-0.4, -0.2) is 47.5 Å². The van der Waals surface area contributed by atoms with Crippen molar-refractivity contribution >= 4 is 32.5 Å².